The minimum absolute atomic E-state index is 0.0876. The molecular weight excluding hydrogens is 344 g/mol. The molecule has 1 aliphatic rings. The summed E-state index contributed by atoms with van der Waals surface area (Å²) in [5.41, 5.74) is 0.566. The zero-order chi connectivity index (χ0) is 16.1. The van der Waals surface area contributed by atoms with E-state index in [-0.39, 0.29) is 5.91 Å². The number of piperidine rings is 1. The van der Waals surface area contributed by atoms with Gasteiger partial charge in [-0.1, -0.05) is 22.9 Å². The first-order chi connectivity index (χ1) is 10.5. The van der Waals surface area contributed by atoms with Crippen LogP contribution >= 0.6 is 15.9 Å². The van der Waals surface area contributed by atoms with E-state index >= 15 is 0 Å². The van der Waals surface area contributed by atoms with E-state index in [9.17, 15) is 4.79 Å². The van der Waals surface area contributed by atoms with Crippen LogP contribution < -0.4 is 10.1 Å². The van der Waals surface area contributed by atoms with Crippen molar-refractivity contribution in [2.45, 2.75) is 32.7 Å². The average Bonchev–Trinajstić information content (AvgIpc) is 2.53. The Morgan fingerprint density at radius 1 is 1.45 bits per heavy atom. The van der Waals surface area contributed by atoms with Crippen molar-refractivity contribution in [3.05, 3.63) is 28.2 Å². The fraction of sp³-hybridized carbons (Fsp3) is 0.588. The Labute approximate surface area is 141 Å². The fourth-order valence-electron chi connectivity index (χ4n) is 2.79. The van der Waals surface area contributed by atoms with Crippen LogP contribution in [0.15, 0.2) is 22.7 Å². The maximum atomic E-state index is 12.4. The van der Waals surface area contributed by atoms with Crippen LogP contribution in [0.3, 0.4) is 0 Å². The highest BCUT2D eigenvalue weighted by Crippen LogP contribution is 2.23. The molecule has 4 nitrogen and oxygen atoms in total. The number of hydrogen-bond donors (Lipinski definition) is 1. The number of methoxy groups -OCH3 is 1. The minimum Gasteiger partial charge on any atom is -0.496 e. The number of carbonyl (C=O) groups is 1. The van der Waals surface area contributed by atoms with Gasteiger partial charge in [0, 0.05) is 17.1 Å². The molecule has 0 aromatic heterocycles. The number of likely N-dealkylation sites (tertiary alicyclic amines) is 1. The lowest BCUT2D eigenvalue weighted by molar-refractivity contribution is 0.0918. The summed E-state index contributed by atoms with van der Waals surface area (Å²) < 4.78 is 6.14. The van der Waals surface area contributed by atoms with E-state index in [0.29, 0.717) is 23.9 Å². The molecule has 1 N–H and O–H groups in total. The van der Waals surface area contributed by atoms with Crippen molar-refractivity contribution in [1.82, 2.24) is 10.2 Å². The Balaban J connectivity index is 1.91. The lowest BCUT2D eigenvalue weighted by Gasteiger charge is -2.35. The Morgan fingerprint density at radius 2 is 2.14 bits per heavy atom. The van der Waals surface area contributed by atoms with Crippen LogP contribution in [-0.4, -0.2) is 43.6 Å². The van der Waals surface area contributed by atoms with Crippen molar-refractivity contribution in [3.63, 3.8) is 0 Å². The number of rotatable bonds is 5. The van der Waals surface area contributed by atoms with Crippen LogP contribution in [0.25, 0.3) is 0 Å². The molecule has 1 amide bonds. The number of halogens is 1. The van der Waals surface area contributed by atoms with Gasteiger partial charge in [0.1, 0.15) is 5.75 Å². The van der Waals surface area contributed by atoms with E-state index in [1.54, 1.807) is 19.2 Å². The molecule has 22 heavy (non-hydrogen) atoms. The molecule has 0 spiro atoms. The molecular formula is C17H25BrN2O2. The number of nitrogens with one attached hydrogen (secondary N) is 1. The van der Waals surface area contributed by atoms with Gasteiger partial charge in [-0.25, -0.2) is 0 Å². The maximum Gasteiger partial charge on any atom is 0.255 e. The molecule has 1 aliphatic heterocycles. The van der Waals surface area contributed by atoms with Crippen molar-refractivity contribution in [1.29, 1.82) is 0 Å². The van der Waals surface area contributed by atoms with Gasteiger partial charge in [0.05, 0.1) is 12.7 Å². The minimum atomic E-state index is -0.0876. The van der Waals surface area contributed by atoms with Crippen LogP contribution in [0, 0.1) is 5.92 Å². The highest BCUT2D eigenvalue weighted by atomic mass is 79.9. The summed E-state index contributed by atoms with van der Waals surface area (Å²) in [6.45, 7) is 7.39. The number of hydrogen-bond acceptors (Lipinski definition) is 3. The van der Waals surface area contributed by atoms with Gasteiger partial charge in [0.2, 0.25) is 0 Å². The second-order valence-corrected chi connectivity index (χ2v) is 7.04. The highest BCUT2D eigenvalue weighted by Gasteiger charge is 2.21. The summed E-state index contributed by atoms with van der Waals surface area (Å²) in [4.78, 5) is 14.8. The molecule has 0 aliphatic carbocycles. The smallest absolute Gasteiger partial charge is 0.255 e. The summed E-state index contributed by atoms with van der Waals surface area (Å²) in [7, 11) is 1.58. The normalized spacial score (nSPS) is 18.0. The zero-order valence-corrected chi connectivity index (χ0v) is 15.1. The first-order valence-electron chi connectivity index (χ1n) is 7.87. The van der Waals surface area contributed by atoms with Crippen LogP contribution in [0.5, 0.6) is 5.75 Å². The van der Waals surface area contributed by atoms with E-state index < -0.39 is 0 Å². The molecule has 1 heterocycles. The summed E-state index contributed by atoms with van der Waals surface area (Å²) >= 11 is 3.40. The number of ether oxygens (including phenoxy) is 1. The van der Waals surface area contributed by atoms with Gasteiger partial charge in [-0.05, 0) is 57.0 Å². The number of amides is 1. The van der Waals surface area contributed by atoms with Crippen LogP contribution in [0.1, 0.15) is 37.0 Å². The molecule has 5 heteroatoms. The SMILES string of the molecule is COc1ccc(Br)cc1C(=O)NCC(C)N1CCC(C)CC1. The second-order valence-electron chi connectivity index (χ2n) is 6.12. The van der Waals surface area contributed by atoms with Gasteiger partial charge >= 0.3 is 0 Å². The molecule has 1 atom stereocenters. The molecule has 0 radical (unpaired) electrons. The standard InChI is InChI=1S/C17H25BrN2O2/c1-12-6-8-20(9-7-12)13(2)11-19-17(21)15-10-14(18)4-5-16(15)22-3/h4-5,10,12-13H,6-9,11H2,1-3H3,(H,19,21). The molecule has 1 unspecified atom stereocenters. The summed E-state index contributed by atoms with van der Waals surface area (Å²) in [5.74, 6) is 1.33. The van der Waals surface area contributed by atoms with E-state index in [2.05, 4.69) is 40.0 Å². The predicted octanol–water partition coefficient (Wildman–Crippen LogP) is 3.31. The lowest BCUT2D eigenvalue weighted by atomic mass is 9.98. The first-order valence-corrected chi connectivity index (χ1v) is 8.66. The van der Waals surface area contributed by atoms with Gasteiger partial charge in [-0.15, -0.1) is 0 Å². The molecule has 1 aromatic rings. The monoisotopic (exact) mass is 368 g/mol. The maximum absolute atomic E-state index is 12.4. The molecule has 122 valence electrons. The molecule has 0 saturated carbocycles. The summed E-state index contributed by atoms with van der Waals surface area (Å²) in [5, 5.41) is 3.03. The summed E-state index contributed by atoms with van der Waals surface area (Å²) in [6.07, 6.45) is 2.50. The second kappa shape index (κ2) is 7.97. The lowest BCUT2D eigenvalue weighted by Crippen LogP contribution is -2.45. The fourth-order valence-corrected chi connectivity index (χ4v) is 3.15. The van der Waals surface area contributed by atoms with Crippen LogP contribution in [0.4, 0.5) is 0 Å². The predicted molar refractivity (Wildman–Crippen MR) is 92.5 cm³/mol. The van der Waals surface area contributed by atoms with Gasteiger partial charge in [0.15, 0.2) is 0 Å². The number of nitrogens with zero attached hydrogens (tertiary/aromatic N) is 1. The van der Waals surface area contributed by atoms with Gasteiger partial charge < -0.3 is 10.1 Å². The number of benzene rings is 1. The first kappa shape index (κ1) is 17.3. The molecule has 2 rings (SSSR count). The van der Waals surface area contributed by atoms with E-state index in [1.165, 1.54) is 12.8 Å². The summed E-state index contributed by atoms with van der Waals surface area (Å²) in [6, 6.07) is 5.82. The van der Waals surface area contributed by atoms with Gasteiger partial charge in [-0.2, -0.15) is 0 Å². The van der Waals surface area contributed by atoms with E-state index in [1.807, 2.05) is 6.07 Å². The molecule has 1 saturated heterocycles. The van der Waals surface area contributed by atoms with Crippen molar-refractivity contribution >= 4 is 21.8 Å². The third-order valence-corrected chi connectivity index (χ3v) is 4.90. The van der Waals surface area contributed by atoms with E-state index in [4.69, 9.17) is 4.74 Å². The van der Waals surface area contributed by atoms with Crippen LogP contribution in [-0.2, 0) is 0 Å². The van der Waals surface area contributed by atoms with Gasteiger partial charge in [-0.3, -0.25) is 9.69 Å². The Kier molecular flexibility index (Phi) is 6.26. The quantitative estimate of drug-likeness (QED) is 0.866. The van der Waals surface area contributed by atoms with E-state index in [0.717, 1.165) is 23.5 Å². The largest absolute Gasteiger partial charge is 0.496 e. The van der Waals surface area contributed by atoms with Crippen molar-refractivity contribution < 1.29 is 9.53 Å². The third-order valence-electron chi connectivity index (χ3n) is 4.41. The average molecular weight is 369 g/mol. The third kappa shape index (κ3) is 4.46. The van der Waals surface area contributed by atoms with Crippen LogP contribution in [0.2, 0.25) is 0 Å². The Hall–Kier alpha value is -1.07. The van der Waals surface area contributed by atoms with Crippen molar-refractivity contribution in [3.8, 4) is 5.75 Å². The van der Waals surface area contributed by atoms with Crippen molar-refractivity contribution in [2.75, 3.05) is 26.7 Å². The zero-order valence-electron chi connectivity index (χ0n) is 13.6. The topological polar surface area (TPSA) is 41.6 Å². The molecule has 1 fully saturated rings. The molecule has 1 aromatic carbocycles. The molecule has 0 bridgehead atoms. The Bertz CT molecular complexity index is 513. The highest BCUT2D eigenvalue weighted by molar-refractivity contribution is 9.10. The van der Waals surface area contributed by atoms with Crippen molar-refractivity contribution in [2.24, 2.45) is 5.92 Å². The van der Waals surface area contributed by atoms with Gasteiger partial charge in [0.25, 0.3) is 5.91 Å². The number of carbonyl (C=O) groups excluding carboxylic acids is 1. The Morgan fingerprint density at radius 3 is 2.77 bits per heavy atom.